The molecule has 21 heavy (non-hydrogen) atoms. The molecule has 0 atom stereocenters. The molecule has 0 aliphatic carbocycles. The van der Waals surface area contributed by atoms with Crippen LogP contribution in [0.5, 0.6) is 0 Å². The molecule has 3 aromatic rings. The van der Waals surface area contributed by atoms with E-state index in [-0.39, 0.29) is 6.61 Å². The smallest absolute Gasteiger partial charge is 0.129 e. The molecule has 4 nitrogen and oxygen atoms in total. The Morgan fingerprint density at radius 1 is 1.05 bits per heavy atom. The van der Waals surface area contributed by atoms with Gasteiger partial charge in [0.2, 0.25) is 0 Å². The molecule has 0 aliphatic rings. The number of aromatic nitrogens is 1. The van der Waals surface area contributed by atoms with Crippen LogP contribution < -0.4 is 5.32 Å². The lowest BCUT2D eigenvalue weighted by Gasteiger charge is -2.06. The van der Waals surface area contributed by atoms with Gasteiger partial charge >= 0.3 is 0 Å². The van der Waals surface area contributed by atoms with Gasteiger partial charge in [-0.05, 0) is 36.7 Å². The summed E-state index contributed by atoms with van der Waals surface area (Å²) in [5.41, 5.74) is 2.32. The van der Waals surface area contributed by atoms with E-state index in [4.69, 9.17) is 9.52 Å². The summed E-state index contributed by atoms with van der Waals surface area (Å²) in [7, 11) is 0. The van der Waals surface area contributed by atoms with Crippen molar-refractivity contribution < 1.29 is 9.52 Å². The molecular weight excluding hydrogens is 264 g/mol. The monoisotopic (exact) mass is 282 g/mol. The van der Waals surface area contributed by atoms with Gasteiger partial charge in [-0.25, -0.2) is 0 Å². The van der Waals surface area contributed by atoms with Crippen LogP contribution in [0.25, 0.3) is 10.9 Å². The Morgan fingerprint density at radius 3 is 2.76 bits per heavy atom. The lowest BCUT2D eigenvalue weighted by atomic mass is 10.1. The quantitative estimate of drug-likeness (QED) is 0.682. The van der Waals surface area contributed by atoms with Crippen molar-refractivity contribution in [2.75, 3.05) is 6.54 Å². The van der Waals surface area contributed by atoms with Gasteiger partial charge in [0, 0.05) is 11.6 Å². The molecule has 4 heteroatoms. The second kappa shape index (κ2) is 6.52. The van der Waals surface area contributed by atoms with Gasteiger partial charge in [0.05, 0.1) is 12.1 Å². The minimum atomic E-state index is -0.0539. The largest absolute Gasteiger partial charge is 0.462 e. The zero-order valence-electron chi connectivity index (χ0n) is 11.7. The first kappa shape index (κ1) is 13.8. The molecule has 0 amide bonds. The van der Waals surface area contributed by atoms with E-state index in [0.717, 1.165) is 24.2 Å². The summed E-state index contributed by atoms with van der Waals surface area (Å²) in [6, 6.07) is 14.0. The number of aliphatic hydroxyl groups is 1. The van der Waals surface area contributed by atoms with Crippen LogP contribution in [0.2, 0.25) is 0 Å². The zero-order chi connectivity index (χ0) is 14.5. The third-order valence-corrected chi connectivity index (χ3v) is 3.46. The molecule has 3 rings (SSSR count). The van der Waals surface area contributed by atoms with Crippen molar-refractivity contribution in [2.24, 2.45) is 0 Å². The molecule has 0 saturated heterocycles. The maximum atomic E-state index is 8.95. The summed E-state index contributed by atoms with van der Waals surface area (Å²) >= 11 is 0. The fourth-order valence-electron chi connectivity index (χ4n) is 2.41. The lowest BCUT2D eigenvalue weighted by molar-refractivity contribution is 0.243. The molecule has 108 valence electrons. The average Bonchev–Trinajstić information content (AvgIpc) is 3.00. The van der Waals surface area contributed by atoms with Crippen molar-refractivity contribution in [1.82, 2.24) is 10.3 Å². The highest BCUT2D eigenvalue weighted by Crippen LogP contribution is 2.16. The van der Waals surface area contributed by atoms with Crippen molar-refractivity contribution in [1.29, 1.82) is 0 Å². The summed E-state index contributed by atoms with van der Waals surface area (Å²) in [6.45, 7) is 1.46. The fourth-order valence-corrected chi connectivity index (χ4v) is 2.41. The molecule has 2 N–H and O–H groups in total. The van der Waals surface area contributed by atoms with E-state index >= 15 is 0 Å². The molecule has 0 unspecified atom stereocenters. The Labute approximate surface area is 123 Å². The van der Waals surface area contributed by atoms with Crippen molar-refractivity contribution in [3.05, 3.63) is 65.7 Å². The average molecular weight is 282 g/mol. The Morgan fingerprint density at radius 2 is 1.90 bits per heavy atom. The Kier molecular flexibility index (Phi) is 4.28. The number of rotatable bonds is 6. The number of aliphatic hydroxyl groups excluding tert-OH is 1. The molecule has 0 radical (unpaired) electrons. The first-order valence-corrected chi connectivity index (χ1v) is 7.08. The summed E-state index contributed by atoms with van der Waals surface area (Å²) < 4.78 is 5.43. The van der Waals surface area contributed by atoms with E-state index in [9.17, 15) is 0 Å². The highest BCUT2D eigenvalue weighted by molar-refractivity contribution is 5.81. The maximum absolute atomic E-state index is 8.95. The number of fused-ring (bicyclic) bond motifs is 1. The van der Waals surface area contributed by atoms with Gasteiger partial charge in [-0.3, -0.25) is 4.98 Å². The number of hydrogen-bond donors (Lipinski definition) is 2. The van der Waals surface area contributed by atoms with Crippen LogP contribution in [0.15, 0.2) is 53.1 Å². The zero-order valence-corrected chi connectivity index (χ0v) is 11.7. The van der Waals surface area contributed by atoms with Gasteiger partial charge in [-0.1, -0.05) is 24.3 Å². The topological polar surface area (TPSA) is 58.3 Å². The predicted octanol–water partition coefficient (Wildman–Crippen LogP) is 2.65. The van der Waals surface area contributed by atoms with Crippen LogP contribution in [-0.4, -0.2) is 16.6 Å². The summed E-state index contributed by atoms with van der Waals surface area (Å²) in [5.74, 6) is 1.44. The van der Waals surface area contributed by atoms with Gasteiger partial charge in [0.15, 0.2) is 0 Å². The standard InChI is InChI=1S/C17H18N2O2/c20-12-16-7-6-15(21-16)11-18-10-8-14-4-1-3-13-5-2-9-19-17(13)14/h1-7,9,18,20H,8,10-12H2. The van der Waals surface area contributed by atoms with Crippen molar-refractivity contribution in [3.8, 4) is 0 Å². The minimum Gasteiger partial charge on any atom is -0.462 e. The first-order valence-electron chi connectivity index (χ1n) is 7.08. The fraction of sp³-hybridized carbons (Fsp3) is 0.235. The van der Waals surface area contributed by atoms with Crippen molar-refractivity contribution in [2.45, 2.75) is 19.6 Å². The normalized spacial score (nSPS) is 11.1. The van der Waals surface area contributed by atoms with Crippen LogP contribution in [0.4, 0.5) is 0 Å². The van der Waals surface area contributed by atoms with E-state index in [1.54, 1.807) is 6.07 Å². The van der Waals surface area contributed by atoms with Crippen LogP contribution in [-0.2, 0) is 19.6 Å². The van der Waals surface area contributed by atoms with Crippen LogP contribution in [0, 0.1) is 0 Å². The molecule has 2 heterocycles. The van der Waals surface area contributed by atoms with Crippen LogP contribution >= 0.6 is 0 Å². The van der Waals surface area contributed by atoms with Crippen molar-refractivity contribution in [3.63, 3.8) is 0 Å². The third kappa shape index (κ3) is 3.29. The Balaban J connectivity index is 1.57. The molecule has 1 aromatic carbocycles. The molecule has 0 saturated carbocycles. The highest BCUT2D eigenvalue weighted by Gasteiger charge is 2.03. The van der Waals surface area contributed by atoms with E-state index in [2.05, 4.69) is 34.6 Å². The minimum absolute atomic E-state index is 0.0539. The van der Waals surface area contributed by atoms with Crippen molar-refractivity contribution >= 4 is 10.9 Å². The molecule has 0 spiro atoms. The number of nitrogens with one attached hydrogen (secondary N) is 1. The van der Waals surface area contributed by atoms with Crippen LogP contribution in [0.1, 0.15) is 17.1 Å². The second-order valence-corrected chi connectivity index (χ2v) is 4.95. The number of pyridine rings is 1. The van der Waals surface area contributed by atoms with Gasteiger partial charge in [0.1, 0.15) is 18.1 Å². The van der Waals surface area contributed by atoms with Gasteiger partial charge in [-0.15, -0.1) is 0 Å². The van der Waals surface area contributed by atoms with E-state index < -0.39 is 0 Å². The summed E-state index contributed by atoms with van der Waals surface area (Å²) in [6.07, 6.45) is 2.75. The van der Waals surface area contributed by atoms with Gasteiger partial charge < -0.3 is 14.8 Å². The Hall–Kier alpha value is -2.17. The number of para-hydroxylation sites is 1. The van der Waals surface area contributed by atoms with Gasteiger partial charge in [0.25, 0.3) is 0 Å². The number of nitrogens with zero attached hydrogens (tertiary/aromatic N) is 1. The van der Waals surface area contributed by atoms with E-state index in [1.807, 2.05) is 18.3 Å². The Bertz CT molecular complexity index is 716. The summed E-state index contributed by atoms with van der Waals surface area (Å²) in [4.78, 5) is 4.46. The maximum Gasteiger partial charge on any atom is 0.129 e. The molecular formula is C17H18N2O2. The SMILES string of the molecule is OCc1ccc(CNCCc2cccc3cccnc23)o1. The number of furan rings is 1. The first-order chi connectivity index (χ1) is 10.4. The third-order valence-electron chi connectivity index (χ3n) is 3.46. The molecule has 2 aromatic heterocycles. The number of hydrogen-bond acceptors (Lipinski definition) is 4. The predicted molar refractivity (Wildman–Crippen MR) is 81.8 cm³/mol. The van der Waals surface area contributed by atoms with E-state index in [0.29, 0.717) is 12.3 Å². The second-order valence-electron chi connectivity index (χ2n) is 4.95. The molecule has 0 fully saturated rings. The highest BCUT2D eigenvalue weighted by atomic mass is 16.4. The van der Waals surface area contributed by atoms with Crippen LogP contribution in [0.3, 0.4) is 0 Å². The molecule has 0 aliphatic heterocycles. The summed E-state index contributed by atoms with van der Waals surface area (Å²) in [5, 5.41) is 13.5. The molecule has 0 bridgehead atoms. The van der Waals surface area contributed by atoms with Gasteiger partial charge in [-0.2, -0.15) is 0 Å². The lowest BCUT2D eigenvalue weighted by Crippen LogP contribution is -2.16. The van der Waals surface area contributed by atoms with E-state index in [1.165, 1.54) is 10.9 Å². The number of benzene rings is 1.